The van der Waals surface area contributed by atoms with Crippen LogP contribution in [0.5, 0.6) is 0 Å². The number of carboxylic acid groups (broad SMARTS) is 1. The van der Waals surface area contributed by atoms with Gasteiger partial charge in [-0.15, -0.1) is 0 Å². The second-order valence-electron chi connectivity index (χ2n) is 5.23. The molecule has 8 heteroatoms. The van der Waals surface area contributed by atoms with Gasteiger partial charge >= 0.3 is 5.97 Å². The van der Waals surface area contributed by atoms with E-state index in [1.165, 1.54) is 6.07 Å². The van der Waals surface area contributed by atoms with Crippen molar-refractivity contribution in [2.45, 2.75) is 36.6 Å². The monoisotopic (exact) mass is 386 g/mol. The number of nitriles is 1. The molecule has 1 aromatic rings. The van der Waals surface area contributed by atoms with Gasteiger partial charge in [-0.25, -0.2) is 13.1 Å². The van der Waals surface area contributed by atoms with Crippen LogP contribution in [0.15, 0.2) is 27.6 Å². The maximum atomic E-state index is 12.4. The van der Waals surface area contributed by atoms with E-state index in [-0.39, 0.29) is 16.5 Å². The van der Waals surface area contributed by atoms with Crippen molar-refractivity contribution in [2.75, 3.05) is 0 Å². The van der Waals surface area contributed by atoms with Gasteiger partial charge in [0.05, 0.1) is 11.5 Å². The first kappa shape index (κ1) is 16.9. The van der Waals surface area contributed by atoms with Crippen molar-refractivity contribution >= 4 is 31.9 Å². The number of aliphatic carboxylic acids is 1. The summed E-state index contributed by atoms with van der Waals surface area (Å²) in [6.07, 6.45) is 1.86. The van der Waals surface area contributed by atoms with Crippen LogP contribution in [-0.2, 0) is 14.8 Å². The van der Waals surface area contributed by atoms with Gasteiger partial charge in [-0.1, -0.05) is 6.07 Å². The van der Waals surface area contributed by atoms with E-state index >= 15 is 0 Å². The van der Waals surface area contributed by atoms with Crippen molar-refractivity contribution in [3.8, 4) is 6.07 Å². The molecule has 0 heterocycles. The zero-order chi connectivity index (χ0) is 16.3. The van der Waals surface area contributed by atoms with Gasteiger partial charge in [-0.05, 0) is 53.7 Å². The van der Waals surface area contributed by atoms with Crippen molar-refractivity contribution in [1.29, 1.82) is 5.26 Å². The van der Waals surface area contributed by atoms with Gasteiger partial charge < -0.3 is 5.11 Å². The zero-order valence-electron chi connectivity index (χ0n) is 11.6. The summed E-state index contributed by atoms with van der Waals surface area (Å²) in [6, 6.07) is 6.13. The standard InChI is InChI=1S/C14H15BrN2O4S/c15-12-2-1-3-13(11(12)8-16)22(20,21)17-10-6-4-9(5-7-10)14(18)19/h1-3,9-10,17H,4-7H2,(H,18,19). The normalized spacial score (nSPS) is 22.0. The lowest BCUT2D eigenvalue weighted by Gasteiger charge is -2.26. The van der Waals surface area contributed by atoms with Crippen molar-refractivity contribution in [3.05, 3.63) is 28.2 Å². The SMILES string of the molecule is N#Cc1c(Br)cccc1S(=O)(=O)NC1CCC(C(=O)O)CC1. The summed E-state index contributed by atoms with van der Waals surface area (Å²) in [5.41, 5.74) is 0.0641. The number of hydrogen-bond acceptors (Lipinski definition) is 4. The number of benzene rings is 1. The summed E-state index contributed by atoms with van der Waals surface area (Å²) >= 11 is 3.17. The Labute approximate surface area is 137 Å². The minimum Gasteiger partial charge on any atom is -0.481 e. The minimum atomic E-state index is -3.81. The van der Waals surface area contributed by atoms with Crippen LogP contribution in [0.1, 0.15) is 31.2 Å². The first-order valence-electron chi connectivity index (χ1n) is 6.79. The van der Waals surface area contributed by atoms with Crippen LogP contribution in [0.3, 0.4) is 0 Å². The first-order valence-corrected chi connectivity index (χ1v) is 9.06. The van der Waals surface area contributed by atoms with Crippen molar-refractivity contribution in [1.82, 2.24) is 4.72 Å². The van der Waals surface area contributed by atoms with Crippen molar-refractivity contribution in [3.63, 3.8) is 0 Å². The highest BCUT2D eigenvalue weighted by atomic mass is 79.9. The third-order valence-electron chi connectivity index (χ3n) is 3.77. The van der Waals surface area contributed by atoms with E-state index in [0.717, 1.165) is 0 Å². The predicted molar refractivity (Wildman–Crippen MR) is 82.6 cm³/mol. The van der Waals surface area contributed by atoms with Gasteiger partial charge in [0, 0.05) is 10.5 Å². The highest BCUT2D eigenvalue weighted by Gasteiger charge is 2.30. The third-order valence-corrected chi connectivity index (χ3v) is 6.00. The lowest BCUT2D eigenvalue weighted by Crippen LogP contribution is -2.38. The highest BCUT2D eigenvalue weighted by molar-refractivity contribution is 9.10. The van der Waals surface area contributed by atoms with Gasteiger partial charge in [0.15, 0.2) is 0 Å². The summed E-state index contributed by atoms with van der Waals surface area (Å²) < 4.78 is 27.9. The molecule has 0 bridgehead atoms. The Balaban J connectivity index is 2.15. The Kier molecular flexibility index (Phi) is 5.21. The predicted octanol–water partition coefficient (Wildman–Crippen LogP) is 2.24. The van der Waals surface area contributed by atoms with Crippen LogP contribution >= 0.6 is 15.9 Å². The second-order valence-corrected chi connectivity index (χ2v) is 7.77. The average molecular weight is 387 g/mol. The maximum absolute atomic E-state index is 12.4. The Morgan fingerprint density at radius 3 is 2.50 bits per heavy atom. The Morgan fingerprint density at radius 2 is 1.95 bits per heavy atom. The molecule has 6 nitrogen and oxygen atoms in total. The molecule has 1 saturated carbocycles. The summed E-state index contributed by atoms with van der Waals surface area (Å²) in [5.74, 6) is -1.23. The molecule has 1 fully saturated rings. The molecule has 0 unspecified atom stereocenters. The van der Waals surface area contributed by atoms with Gasteiger partial charge in [0.2, 0.25) is 10.0 Å². The molecule has 1 aliphatic carbocycles. The van der Waals surface area contributed by atoms with Crippen molar-refractivity contribution < 1.29 is 18.3 Å². The number of hydrogen-bond donors (Lipinski definition) is 2. The highest BCUT2D eigenvalue weighted by Crippen LogP contribution is 2.27. The molecule has 0 aromatic heterocycles. The molecule has 1 aliphatic rings. The fourth-order valence-corrected chi connectivity index (χ4v) is 4.65. The van der Waals surface area contributed by atoms with E-state index in [0.29, 0.717) is 30.2 Å². The summed E-state index contributed by atoms with van der Waals surface area (Å²) in [4.78, 5) is 10.8. The molecule has 22 heavy (non-hydrogen) atoms. The van der Waals surface area contributed by atoms with E-state index < -0.39 is 21.9 Å². The number of carboxylic acids is 1. The topological polar surface area (TPSA) is 107 Å². The van der Waals surface area contributed by atoms with E-state index in [1.54, 1.807) is 12.1 Å². The van der Waals surface area contributed by atoms with Crippen LogP contribution < -0.4 is 4.72 Å². The molecular weight excluding hydrogens is 372 g/mol. The number of nitrogens with one attached hydrogen (secondary N) is 1. The number of halogens is 1. The van der Waals surface area contributed by atoms with E-state index in [1.807, 2.05) is 6.07 Å². The van der Waals surface area contributed by atoms with Crippen LogP contribution in [0, 0.1) is 17.2 Å². The molecule has 118 valence electrons. The largest absolute Gasteiger partial charge is 0.481 e. The zero-order valence-corrected chi connectivity index (χ0v) is 14.0. The number of nitrogens with zero attached hydrogens (tertiary/aromatic N) is 1. The fraction of sp³-hybridized carbons (Fsp3) is 0.429. The Bertz CT molecular complexity index is 719. The molecule has 0 saturated heterocycles. The second kappa shape index (κ2) is 6.77. The molecule has 0 atom stereocenters. The Hall–Kier alpha value is -1.43. The molecule has 2 rings (SSSR count). The smallest absolute Gasteiger partial charge is 0.306 e. The summed E-state index contributed by atoms with van der Waals surface area (Å²) in [6.45, 7) is 0. The lowest BCUT2D eigenvalue weighted by atomic mass is 9.87. The molecule has 2 N–H and O–H groups in total. The number of sulfonamides is 1. The quantitative estimate of drug-likeness (QED) is 0.824. The van der Waals surface area contributed by atoms with Crippen LogP contribution in [0.4, 0.5) is 0 Å². The van der Waals surface area contributed by atoms with E-state index in [2.05, 4.69) is 20.7 Å². The molecule has 0 amide bonds. The van der Waals surface area contributed by atoms with Gasteiger partial charge in [0.25, 0.3) is 0 Å². The van der Waals surface area contributed by atoms with Gasteiger partial charge in [-0.2, -0.15) is 5.26 Å². The first-order chi connectivity index (χ1) is 10.3. The fourth-order valence-electron chi connectivity index (χ4n) is 2.58. The molecule has 0 radical (unpaired) electrons. The van der Waals surface area contributed by atoms with Crippen LogP contribution in [0.2, 0.25) is 0 Å². The Morgan fingerprint density at radius 1 is 1.32 bits per heavy atom. The molecule has 0 aliphatic heterocycles. The number of carbonyl (C=O) groups is 1. The summed E-state index contributed by atoms with van der Waals surface area (Å²) in [5, 5.41) is 18.1. The summed E-state index contributed by atoms with van der Waals surface area (Å²) in [7, 11) is -3.81. The number of rotatable bonds is 4. The van der Waals surface area contributed by atoms with E-state index in [4.69, 9.17) is 10.4 Å². The molecular formula is C14H15BrN2O4S. The minimum absolute atomic E-state index is 0.0641. The third kappa shape index (κ3) is 3.66. The molecule has 1 aromatic carbocycles. The van der Waals surface area contributed by atoms with Gasteiger partial charge in [-0.3, -0.25) is 4.79 Å². The lowest BCUT2D eigenvalue weighted by molar-refractivity contribution is -0.142. The van der Waals surface area contributed by atoms with Crippen LogP contribution in [0.25, 0.3) is 0 Å². The van der Waals surface area contributed by atoms with E-state index in [9.17, 15) is 13.2 Å². The maximum Gasteiger partial charge on any atom is 0.306 e. The van der Waals surface area contributed by atoms with Crippen molar-refractivity contribution in [2.24, 2.45) is 5.92 Å². The molecule has 0 spiro atoms. The van der Waals surface area contributed by atoms with Crippen LogP contribution in [-0.4, -0.2) is 25.5 Å². The average Bonchev–Trinajstić information content (AvgIpc) is 2.47. The van der Waals surface area contributed by atoms with Gasteiger partial charge in [0.1, 0.15) is 11.0 Å².